The first-order valence-corrected chi connectivity index (χ1v) is 5.76. The Morgan fingerprint density at radius 2 is 2.00 bits per heavy atom. The number of benzene rings is 1. The molecule has 1 amide bonds. The molecule has 0 spiro atoms. The zero-order chi connectivity index (χ0) is 15.1. The normalized spacial score (nSPS) is 11.0. The van der Waals surface area contributed by atoms with Gasteiger partial charge in [-0.25, -0.2) is 18.3 Å². The van der Waals surface area contributed by atoms with Gasteiger partial charge in [0.15, 0.2) is 17.3 Å². The van der Waals surface area contributed by atoms with Crippen molar-refractivity contribution in [2.45, 2.75) is 0 Å². The number of halogens is 2. The summed E-state index contributed by atoms with van der Waals surface area (Å²) in [4.78, 5) is 15.1. The standard InChI is InChI=1S/C13H7F2N4O2/c14-7-2-1-6(3-8(7)15)9-4-10(20)11(12(16)21)13-17-5-18-19(9)13/h1-5,16,20H. The van der Waals surface area contributed by atoms with Crippen LogP contribution in [0.1, 0.15) is 10.4 Å². The molecular formula is C13H7F2N4O2. The summed E-state index contributed by atoms with van der Waals surface area (Å²) in [5.74, 6) is -3.66. The Morgan fingerprint density at radius 3 is 2.67 bits per heavy atom. The third kappa shape index (κ3) is 1.97. The molecular weight excluding hydrogens is 282 g/mol. The van der Waals surface area contributed by atoms with Gasteiger partial charge in [0.1, 0.15) is 17.6 Å². The fraction of sp³-hybridized carbons (Fsp3) is 0. The lowest BCUT2D eigenvalue weighted by atomic mass is 10.1. The Morgan fingerprint density at radius 1 is 1.24 bits per heavy atom. The number of carbonyl (C=O) groups is 1. The average Bonchev–Trinajstić information content (AvgIpc) is 2.89. The van der Waals surface area contributed by atoms with Crippen molar-refractivity contribution in [1.82, 2.24) is 20.3 Å². The van der Waals surface area contributed by atoms with E-state index in [4.69, 9.17) is 5.73 Å². The molecule has 0 unspecified atom stereocenters. The average molecular weight is 289 g/mol. The second-order valence-corrected chi connectivity index (χ2v) is 4.24. The molecule has 0 saturated heterocycles. The number of nitrogens with one attached hydrogen (secondary N) is 1. The summed E-state index contributed by atoms with van der Waals surface area (Å²) < 4.78 is 27.5. The van der Waals surface area contributed by atoms with Crippen molar-refractivity contribution in [2.75, 3.05) is 0 Å². The summed E-state index contributed by atoms with van der Waals surface area (Å²) in [7, 11) is 0. The Balaban J connectivity index is 2.34. The highest BCUT2D eigenvalue weighted by atomic mass is 19.2. The number of rotatable bonds is 2. The summed E-state index contributed by atoms with van der Waals surface area (Å²) in [5, 5.41) is 13.7. The predicted octanol–water partition coefficient (Wildman–Crippen LogP) is 1.80. The molecule has 0 aliphatic rings. The van der Waals surface area contributed by atoms with E-state index in [1.807, 2.05) is 0 Å². The first-order valence-electron chi connectivity index (χ1n) is 5.76. The largest absolute Gasteiger partial charge is 0.507 e. The van der Waals surface area contributed by atoms with Crippen LogP contribution in [0.3, 0.4) is 0 Å². The van der Waals surface area contributed by atoms with Crippen LogP contribution < -0.4 is 5.73 Å². The van der Waals surface area contributed by atoms with Crippen molar-refractivity contribution < 1.29 is 18.7 Å². The molecule has 0 aliphatic carbocycles. The van der Waals surface area contributed by atoms with E-state index in [0.29, 0.717) is 0 Å². The van der Waals surface area contributed by atoms with Crippen molar-refractivity contribution in [3.05, 3.63) is 47.8 Å². The van der Waals surface area contributed by atoms with Gasteiger partial charge in [0.05, 0.1) is 5.69 Å². The van der Waals surface area contributed by atoms with Crippen LogP contribution >= 0.6 is 0 Å². The minimum atomic E-state index is -1.12. The van der Waals surface area contributed by atoms with Crippen LogP contribution in [0.2, 0.25) is 0 Å². The highest BCUT2D eigenvalue weighted by molar-refractivity contribution is 6.01. The van der Waals surface area contributed by atoms with Crippen molar-refractivity contribution in [3.8, 4) is 17.0 Å². The van der Waals surface area contributed by atoms with Crippen LogP contribution in [0.5, 0.6) is 5.75 Å². The van der Waals surface area contributed by atoms with Crippen LogP contribution in [-0.2, 0) is 0 Å². The molecule has 0 fully saturated rings. The van der Waals surface area contributed by atoms with Crippen LogP contribution in [0, 0.1) is 11.6 Å². The van der Waals surface area contributed by atoms with E-state index >= 15 is 0 Å². The highest BCUT2D eigenvalue weighted by Gasteiger charge is 2.19. The molecule has 105 valence electrons. The third-order valence-corrected chi connectivity index (χ3v) is 2.97. The van der Waals surface area contributed by atoms with Gasteiger partial charge in [0.2, 0.25) is 0 Å². The number of aromatic nitrogens is 3. The van der Waals surface area contributed by atoms with E-state index in [0.717, 1.165) is 24.5 Å². The number of nitrogens with zero attached hydrogens (tertiary/aromatic N) is 3. The summed E-state index contributed by atoms with van der Waals surface area (Å²) in [5.41, 5.74) is 7.24. The Labute approximate surface area is 116 Å². The van der Waals surface area contributed by atoms with Gasteiger partial charge in [-0.15, -0.1) is 0 Å². The van der Waals surface area contributed by atoms with Gasteiger partial charge < -0.3 is 5.11 Å². The number of fused-ring (bicyclic) bond motifs is 1. The van der Waals surface area contributed by atoms with Gasteiger partial charge in [-0.3, -0.25) is 10.5 Å². The third-order valence-electron chi connectivity index (χ3n) is 2.97. The summed E-state index contributed by atoms with van der Waals surface area (Å²) in [6, 6.07) is 4.33. The van der Waals surface area contributed by atoms with Crippen LogP contribution in [0.25, 0.3) is 16.9 Å². The Kier molecular flexibility index (Phi) is 2.79. The maximum atomic E-state index is 13.3. The van der Waals surface area contributed by atoms with Crippen molar-refractivity contribution in [1.29, 1.82) is 0 Å². The Hall–Kier alpha value is -3.03. The van der Waals surface area contributed by atoms with Gasteiger partial charge in [-0.1, -0.05) is 0 Å². The number of hydrogen-bond acceptors (Lipinski definition) is 4. The molecule has 2 N–H and O–H groups in total. The lowest BCUT2D eigenvalue weighted by Crippen LogP contribution is -2.06. The number of carbonyl (C=O) groups excluding carboxylic acids is 1. The maximum Gasteiger partial charge on any atom is 0.277 e. The SMILES string of the molecule is [NH]C(=O)c1c(O)cc(-c2ccc(F)c(F)c2)n2ncnc12. The van der Waals surface area contributed by atoms with E-state index in [-0.39, 0.29) is 22.5 Å². The molecule has 0 saturated carbocycles. The fourth-order valence-electron chi connectivity index (χ4n) is 2.04. The van der Waals surface area contributed by atoms with Gasteiger partial charge in [-0.2, -0.15) is 5.10 Å². The monoisotopic (exact) mass is 289 g/mol. The van der Waals surface area contributed by atoms with E-state index in [9.17, 15) is 18.7 Å². The number of pyridine rings is 1. The Bertz CT molecular complexity index is 876. The molecule has 0 aliphatic heterocycles. The first-order chi connectivity index (χ1) is 9.99. The number of hydrogen-bond donors (Lipinski definition) is 1. The molecule has 3 rings (SSSR count). The first kappa shape index (κ1) is 13.0. The van der Waals surface area contributed by atoms with Crippen LogP contribution in [0.15, 0.2) is 30.6 Å². The smallest absolute Gasteiger partial charge is 0.277 e. The molecule has 8 heteroatoms. The zero-order valence-corrected chi connectivity index (χ0v) is 10.3. The molecule has 1 aromatic carbocycles. The lowest BCUT2D eigenvalue weighted by molar-refractivity contribution is 0.0990. The quantitative estimate of drug-likeness (QED) is 0.778. The van der Waals surface area contributed by atoms with Crippen molar-refractivity contribution in [3.63, 3.8) is 0 Å². The maximum absolute atomic E-state index is 13.3. The molecule has 21 heavy (non-hydrogen) atoms. The number of amides is 1. The van der Waals surface area contributed by atoms with E-state index in [1.165, 1.54) is 10.6 Å². The van der Waals surface area contributed by atoms with Crippen molar-refractivity contribution >= 4 is 11.6 Å². The minimum Gasteiger partial charge on any atom is -0.507 e. The van der Waals surface area contributed by atoms with Gasteiger partial charge in [0.25, 0.3) is 5.91 Å². The summed E-state index contributed by atoms with van der Waals surface area (Å²) in [6.07, 6.45) is 1.13. The molecule has 0 bridgehead atoms. The zero-order valence-electron chi connectivity index (χ0n) is 10.3. The van der Waals surface area contributed by atoms with E-state index in [2.05, 4.69) is 10.1 Å². The number of aromatic hydroxyl groups is 1. The predicted molar refractivity (Wildman–Crippen MR) is 67.4 cm³/mol. The van der Waals surface area contributed by atoms with Crippen molar-refractivity contribution in [2.24, 2.45) is 0 Å². The summed E-state index contributed by atoms with van der Waals surface area (Å²) >= 11 is 0. The van der Waals surface area contributed by atoms with E-state index in [1.54, 1.807) is 0 Å². The topological polar surface area (TPSA) is 91.3 Å². The van der Waals surface area contributed by atoms with Gasteiger partial charge in [0, 0.05) is 11.6 Å². The molecule has 2 heterocycles. The molecule has 6 nitrogen and oxygen atoms in total. The minimum absolute atomic E-state index is 0.0327. The fourth-order valence-corrected chi connectivity index (χ4v) is 2.04. The second-order valence-electron chi connectivity index (χ2n) is 4.24. The highest BCUT2D eigenvalue weighted by Crippen LogP contribution is 2.29. The molecule has 2 aromatic heterocycles. The van der Waals surface area contributed by atoms with Crippen LogP contribution in [-0.4, -0.2) is 25.6 Å². The molecule has 1 radical (unpaired) electrons. The molecule has 0 atom stereocenters. The lowest BCUT2D eigenvalue weighted by Gasteiger charge is -2.09. The van der Waals surface area contributed by atoms with Gasteiger partial charge in [-0.05, 0) is 18.2 Å². The van der Waals surface area contributed by atoms with Gasteiger partial charge >= 0.3 is 0 Å². The second kappa shape index (κ2) is 4.51. The molecule has 3 aromatic rings. The van der Waals surface area contributed by atoms with Crippen LogP contribution in [0.4, 0.5) is 8.78 Å². The van der Waals surface area contributed by atoms with E-state index < -0.39 is 23.3 Å². The summed E-state index contributed by atoms with van der Waals surface area (Å²) in [6.45, 7) is 0.